The second kappa shape index (κ2) is 7.39. The minimum atomic E-state index is -0.178. The fraction of sp³-hybridized carbons (Fsp3) is 0.250. The molecule has 0 spiro atoms. The summed E-state index contributed by atoms with van der Waals surface area (Å²) < 4.78 is 1.54. The number of aromatic nitrogens is 6. The topological polar surface area (TPSA) is 98.5 Å². The lowest BCUT2D eigenvalue weighted by Gasteiger charge is -2.08. The van der Waals surface area contributed by atoms with Crippen molar-refractivity contribution in [2.75, 3.05) is 11.1 Å². The van der Waals surface area contributed by atoms with Gasteiger partial charge in [0.25, 0.3) is 5.95 Å². The molecule has 0 bridgehead atoms. The van der Waals surface area contributed by atoms with Gasteiger partial charge in [0.15, 0.2) is 5.16 Å². The monoisotopic (exact) mass is 355 g/mol. The molecule has 0 aliphatic rings. The molecule has 0 saturated heterocycles. The minimum absolute atomic E-state index is 0.178. The molecular formula is C16H17N7OS. The van der Waals surface area contributed by atoms with Crippen molar-refractivity contribution < 1.29 is 4.79 Å². The molecule has 0 fully saturated rings. The van der Waals surface area contributed by atoms with E-state index in [0.29, 0.717) is 16.9 Å². The molecule has 3 heterocycles. The van der Waals surface area contributed by atoms with Gasteiger partial charge < -0.3 is 5.32 Å². The Morgan fingerprint density at radius 2 is 1.76 bits per heavy atom. The highest BCUT2D eigenvalue weighted by Crippen LogP contribution is 2.17. The van der Waals surface area contributed by atoms with E-state index in [1.807, 2.05) is 26.8 Å². The third kappa shape index (κ3) is 4.38. The van der Waals surface area contributed by atoms with Crippen molar-refractivity contribution in [3.63, 3.8) is 0 Å². The normalized spacial score (nSPS) is 10.7. The van der Waals surface area contributed by atoms with E-state index in [0.717, 1.165) is 17.1 Å². The predicted molar refractivity (Wildman–Crippen MR) is 94.8 cm³/mol. The maximum atomic E-state index is 12.2. The van der Waals surface area contributed by atoms with Crippen LogP contribution in [0.4, 0.5) is 5.82 Å². The Balaban J connectivity index is 1.75. The number of aryl methyl sites for hydroxylation is 3. The Hall–Kier alpha value is -2.81. The van der Waals surface area contributed by atoms with E-state index < -0.39 is 0 Å². The fourth-order valence-corrected chi connectivity index (χ4v) is 2.82. The predicted octanol–water partition coefficient (Wildman–Crippen LogP) is 2.11. The van der Waals surface area contributed by atoms with Crippen molar-refractivity contribution in [2.24, 2.45) is 0 Å². The van der Waals surface area contributed by atoms with Crippen molar-refractivity contribution in [3.8, 4) is 5.95 Å². The molecule has 0 aliphatic carbocycles. The van der Waals surface area contributed by atoms with Crippen molar-refractivity contribution in [3.05, 3.63) is 47.7 Å². The zero-order chi connectivity index (χ0) is 17.8. The highest BCUT2D eigenvalue weighted by Gasteiger charge is 2.14. The maximum absolute atomic E-state index is 12.2. The third-order valence-corrected chi connectivity index (χ3v) is 4.01. The van der Waals surface area contributed by atoms with E-state index in [9.17, 15) is 4.79 Å². The lowest BCUT2D eigenvalue weighted by atomic mass is 10.4. The number of carbonyl (C=O) groups excluding carboxylic acids is 1. The number of anilines is 1. The molecule has 3 aromatic rings. The van der Waals surface area contributed by atoms with Crippen LogP contribution in [0.1, 0.15) is 17.1 Å². The maximum Gasteiger partial charge on any atom is 0.252 e. The van der Waals surface area contributed by atoms with Crippen molar-refractivity contribution in [1.82, 2.24) is 29.7 Å². The molecule has 128 valence electrons. The molecule has 8 nitrogen and oxygen atoms in total. The Morgan fingerprint density at radius 1 is 1.08 bits per heavy atom. The van der Waals surface area contributed by atoms with Gasteiger partial charge in [-0.2, -0.15) is 9.78 Å². The first kappa shape index (κ1) is 17.0. The van der Waals surface area contributed by atoms with Gasteiger partial charge in [0, 0.05) is 29.8 Å². The van der Waals surface area contributed by atoms with Gasteiger partial charge >= 0.3 is 0 Å². The fourth-order valence-electron chi connectivity index (χ4n) is 2.21. The van der Waals surface area contributed by atoms with E-state index in [2.05, 4.69) is 30.4 Å². The molecule has 1 N–H and O–H groups in total. The van der Waals surface area contributed by atoms with Gasteiger partial charge in [0.1, 0.15) is 5.82 Å². The van der Waals surface area contributed by atoms with E-state index in [4.69, 9.17) is 0 Å². The van der Waals surface area contributed by atoms with Gasteiger partial charge in [0.2, 0.25) is 5.91 Å². The largest absolute Gasteiger partial charge is 0.310 e. The number of carbonyl (C=O) groups is 1. The van der Waals surface area contributed by atoms with E-state index in [-0.39, 0.29) is 11.7 Å². The molecule has 0 saturated carbocycles. The van der Waals surface area contributed by atoms with Crippen LogP contribution in [0.3, 0.4) is 0 Å². The number of rotatable bonds is 5. The number of nitrogens with zero attached hydrogens (tertiary/aromatic N) is 6. The highest BCUT2D eigenvalue weighted by molar-refractivity contribution is 7.99. The second-order valence-electron chi connectivity index (χ2n) is 5.40. The molecular weight excluding hydrogens is 338 g/mol. The number of thioether (sulfide) groups is 1. The van der Waals surface area contributed by atoms with Gasteiger partial charge in [-0.05, 0) is 32.9 Å². The van der Waals surface area contributed by atoms with Crippen LogP contribution in [0.25, 0.3) is 5.95 Å². The van der Waals surface area contributed by atoms with Gasteiger partial charge in [0.05, 0.1) is 11.4 Å². The first-order chi connectivity index (χ1) is 12.0. The molecule has 9 heteroatoms. The number of amides is 1. The smallest absolute Gasteiger partial charge is 0.252 e. The van der Waals surface area contributed by atoms with E-state index >= 15 is 0 Å². The van der Waals surface area contributed by atoms with Crippen LogP contribution in [0.15, 0.2) is 35.7 Å². The van der Waals surface area contributed by atoms with Crippen LogP contribution in [-0.4, -0.2) is 41.4 Å². The van der Waals surface area contributed by atoms with Gasteiger partial charge in [-0.1, -0.05) is 11.8 Å². The SMILES string of the molecule is Cc1cc(C)nc(-n2nc(C)cc2NC(=O)CSc2ncccn2)n1. The molecule has 0 aromatic carbocycles. The summed E-state index contributed by atoms with van der Waals surface area (Å²) in [7, 11) is 0. The Bertz CT molecular complexity index is 875. The van der Waals surface area contributed by atoms with Gasteiger partial charge in [-0.15, -0.1) is 0 Å². The summed E-state index contributed by atoms with van der Waals surface area (Å²) in [4.78, 5) is 29.2. The average Bonchev–Trinajstić information content (AvgIpc) is 2.93. The van der Waals surface area contributed by atoms with Gasteiger partial charge in [-0.3, -0.25) is 4.79 Å². The molecule has 25 heavy (non-hydrogen) atoms. The van der Waals surface area contributed by atoms with Crippen LogP contribution in [0, 0.1) is 20.8 Å². The van der Waals surface area contributed by atoms with Crippen molar-refractivity contribution in [1.29, 1.82) is 0 Å². The molecule has 0 radical (unpaired) electrons. The quantitative estimate of drug-likeness (QED) is 0.553. The summed E-state index contributed by atoms with van der Waals surface area (Å²) in [5, 5.41) is 7.78. The lowest BCUT2D eigenvalue weighted by molar-refractivity contribution is -0.113. The summed E-state index contributed by atoms with van der Waals surface area (Å²) in [6.45, 7) is 5.63. The van der Waals surface area contributed by atoms with Crippen LogP contribution in [0.5, 0.6) is 0 Å². The standard InChI is InChI=1S/C16H17N7OS/c1-10-7-11(2)20-15(19-10)23-13(8-12(3)22-23)21-14(24)9-25-16-17-5-4-6-18-16/h4-8H,9H2,1-3H3,(H,21,24). The first-order valence-electron chi connectivity index (χ1n) is 7.60. The highest BCUT2D eigenvalue weighted by atomic mass is 32.2. The zero-order valence-corrected chi connectivity index (χ0v) is 14.9. The van der Waals surface area contributed by atoms with Crippen molar-refractivity contribution in [2.45, 2.75) is 25.9 Å². The molecule has 1 amide bonds. The molecule has 0 atom stereocenters. The second-order valence-corrected chi connectivity index (χ2v) is 6.34. The number of hydrogen-bond acceptors (Lipinski definition) is 7. The average molecular weight is 355 g/mol. The third-order valence-electron chi connectivity index (χ3n) is 3.13. The van der Waals surface area contributed by atoms with Crippen molar-refractivity contribution >= 4 is 23.5 Å². The van der Waals surface area contributed by atoms with Crippen LogP contribution in [-0.2, 0) is 4.79 Å². The molecule has 3 aromatic heterocycles. The summed E-state index contributed by atoms with van der Waals surface area (Å²) >= 11 is 1.27. The Kier molecular flexibility index (Phi) is 5.03. The summed E-state index contributed by atoms with van der Waals surface area (Å²) in [5.41, 5.74) is 2.44. The van der Waals surface area contributed by atoms with E-state index in [1.54, 1.807) is 24.5 Å². The molecule has 0 aliphatic heterocycles. The summed E-state index contributed by atoms with van der Waals surface area (Å²) in [6, 6.07) is 5.40. The lowest BCUT2D eigenvalue weighted by Crippen LogP contribution is -2.18. The molecule has 0 unspecified atom stereocenters. The summed E-state index contributed by atoms with van der Waals surface area (Å²) in [5.74, 6) is 0.979. The number of hydrogen-bond donors (Lipinski definition) is 1. The van der Waals surface area contributed by atoms with Crippen LogP contribution in [0.2, 0.25) is 0 Å². The minimum Gasteiger partial charge on any atom is -0.310 e. The van der Waals surface area contributed by atoms with E-state index in [1.165, 1.54) is 16.4 Å². The molecule has 3 rings (SSSR count). The zero-order valence-electron chi connectivity index (χ0n) is 14.1. The van der Waals surface area contributed by atoms with Crippen LogP contribution < -0.4 is 5.32 Å². The summed E-state index contributed by atoms with van der Waals surface area (Å²) in [6.07, 6.45) is 3.28. The number of nitrogens with one attached hydrogen (secondary N) is 1. The Morgan fingerprint density at radius 3 is 2.44 bits per heavy atom. The first-order valence-corrected chi connectivity index (χ1v) is 8.59. The Labute approximate surface area is 149 Å². The van der Waals surface area contributed by atoms with Gasteiger partial charge in [-0.25, -0.2) is 19.9 Å². The van der Waals surface area contributed by atoms with Crippen LogP contribution >= 0.6 is 11.8 Å².